The van der Waals surface area contributed by atoms with E-state index in [-0.39, 0.29) is 6.03 Å². The van der Waals surface area contributed by atoms with Crippen molar-refractivity contribution in [3.63, 3.8) is 0 Å². The fourth-order valence-electron chi connectivity index (χ4n) is 4.37. The standard InChI is InChI=1S/C20H26N4O/c1-15-21-10-12-24(15)11-4-9-22-19(25)23-14-17-13-20(17)8-7-16-5-2-3-6-18(16)20/h2-3,5-6,10,12,17H,4,7-9,11,13-14H2,1H3,(H2,22,23,25)/t17-,20-/m1/s1. The molecule has 25 heavy (non-hydrogen) atoms. The monoisotopic (exact) mass is 338 g/mol. The Labute approximate surface area is 148 Å². The number of fused-ring (bicyclic) bond motifs is 2. The molecule has 1 fully saturated rings. The van der Waals surface area contributed by atoms with Crippen molar-refractivity contribution in [3.8, 4) is 0 Å². The molecule has 0 bridgehead atoms. The summed E-state index contributed by atoms with van der Waals surface area (Å²) in [5, 5.41) is 6.02. The van der Waals surface area contributed by atoms with Crippen LogP contribution in [0.4, 0.5) is 4.79 Å². The minimum Gasteiger partial charge on any atom is -0.338 e. The Morgan fingerprint density at radius 3 is 3.08 bits per heavy atom. The number of amides is 2. The van der Waals surface area contributed by atoms with Gasteiger partial charge in [0.05, 0.1) is 0 Å². The van der Waals surface area contributed by atoms with Crippen LogP contribution in [0, 0.1) is 12.8 Å². The molecule has 2 aliphatic carbocycles. The molecule has 5 heteroatoms. The Morgan fingerprint density at radius 1 is 1.36 bits per heavy atom. The van der Waals surface area contributed by atoms with Gasteiger partial charge in [-0.3, -0.25) is 0 Å². The molecule has 0 aliphatic heterocycles. The first-order valence-electron chi connectivity index (χ1n) is 9.27. The van der Waals surface area contributed by atoms with Gasteiger partial charge in [0, 0.05) is 37.4 Å². The van der Waals surface area contributed by atoms with Crippen molar-refractivity contribution in [2.75, 3.05) is 13.1 Å². The number of urea groups is 1. The average molecular weight is 338 g/mol. The van der Waals surface area contributed by atoms with Crippen LogP contribution < -0.4 is 10.6 Å². The van der Waals surface area contributed by atoms with Crippen LogP contribution in [0.2, 0.25) is 0 Å². The molecule has 0 saturated heterocycles. The number of aromatic nitrogens is 2. The van der Waals surface area contributed by atoms with Gasteiger partial charge in [0.1, 0.15) is 5.82 Å². The Balaban J connectivity index is 1.18. The molecule has 2 aliphatic rings. The van der Waals surface area contributed by atoms with E-state index in [0.29, 0.717) is 17.9 Å². The summed E-state index contributed by atoms with van der Waals surface area (Å²) in [5.41, 5.74) is 3.38. The molecule has 2 N–H and O–H groups in total. The SMILES string of the molecule is Cc1nccn1CCCNC(=O)NC[C@H]1C[C@]12CCc1ccccc12. The van der Waals surface area contributed by atoms with Crippen molar-refractivity contribution < 1.29 is 4.79 Å². The van der Waals surface area contributed by atoms with E-state index in [1.54, 1.807) is 0 Å². The third-order valence-corrected chi connectivity index (χ3v) is 5.92. The second-order valence-electron chi connectivity index (χ2n) is 7.37. The van der Waals surface area contributed by atoms with Gasteiger partial charge in [0.15, 0.2) is 0 Å². The van der Waals surface area contributed by atoms with Crippen LogP contribution in [0.3, 0.4) is 0 Å². The zero-order chi connectivity index (χ0) is 17.3. The first-order valence-corrected chi connectivity index (χ1v) is 9.27. The van der Waals surface area contributed by atoms with Crippen LogP contribution in [0.5, 0.6) is 0 Å². The molecule has 1 heterocycles. The third kappa shape index (κ3) is 3.15. The maximum absolute atomic E-state index is 12.0. The zero-order valence-electron chi connectivity index (χ0n) is 14.8. The molecule has 0 unspecified atom stereocenters. The lowest BCUT2D eigenvalue weighted by Gasteiger charge is -2.13. The largest absolute Gasteiger partial charge is 0.338 e. The van der Waals surface area contributed by atoms with Gasteiger partial charge in [-0.2, -0.15) is 0 Å². The van der Waals surface area contributed by atoms with Crippen molar-refractivity contribution in [1.82, 2.24) is 20.2 Å². The molecule has 2 atom stereocenters. The summed E-state index contributed by atoms with van der Waals surface area (Å²) in [6, 6.07) is 8.76. The fourth-order valence-corrected chi connectivity index (χ4v) is 4.37. The van der Waals surface area contributed by atoms with Crippen LogP contribution in [0.15, 0.2) is 36.7 Å². The summed E-state index contributed by atoms with van der Waals surface area (Å²) in [7, 11) is 0. The maximum Gasteiger partial charge on any atom is 0.314 e. The molecule has 5 nitrogen and oxygen atoms in total. The number of imidazole rings is 1. The van der Waals surface area contributed by atoms with E-state index >= 15 is 0 Å². The topological polar surface area (TPSA) is 59.0 Å². The molecule has 1 aromatic carbocycles. The highest BCUT2D eigenvalue weighted by atomic mass is 16.2. The van der Waals surface area contributed by atoms with Crippen molar-refractivity contribution in [3.05, 3.63) is 53.6 Å². The summed E-state index contributed by atoms with van der Waals surface area (Å²) in [6.45, 7) is 4.34. The van der Waals surface area contributed by atoms with E-state index < -0.39 is 0 Å². The maximum atomic E-state index is 12.0. The smallest absolute Gasteiger partial charge is 0.314 e. The normalized spacial score (nSPS) is 23.5. The van der Waals surface area contributed by atoms with E-state index in [0.717, 1.165) is 25.3 Å². The lowest BCUT2D eigenvalue weighted by atomic mass is 9.95. The van der Waals surface area contributed by atoms with Crippen LogP contribution in [0.25, 0.3) is 0 Å². The first-order chi connectivity index (χ1) is 12.2. The number of carbonyl (C=O) groups excluding carboxylic acids is 1. The molecule has 132 valence electrons. The summed E-state index contributed by atoms with van der Waals surface area (Å²) in [6.07, 6.45) is 8.33. The minimum atomic E-state index is -0.0457. The van der Waals surface area contributed by atoms with Gasteiger partial charge in [0.2, 0.25) is 0 Å². The van der Waals surface area contributed by atoms with Crippen molar-refractivity contribution in [2.45, 2.75) is 44.6 Å². The lowest BCUT2D eigenvalue weighted by Crippen LogP contribution is -2.38. The van der Waals surface area contributed by atoms with E-state index in [9.17, 15) is 4.79 Å². The lowest BCUT2D eigenvalue weighted by molar-refractivity contribution is 0.240. The quantitative estimate of drug-likeness (QED) is 0.796. The van der Waals surface area contributed by atoms with Gasteiger partial charge in [0.25, 0.3) is 0 Å². The van der Waals surface area contributed by atoms with E-state index in [2.05, 4.69) is 44.5 Å². The summed E-state index contributed by atoms with van der Waals surface area (Å²) < 4.78 is 2.10. The molecular weight excluding hydrogens is 312 g/mol. The van der Waals surface area contributed by atoms with E-state index in [1.165, 1.54) is 30.4 Å². The highest BCUT2D eigenvalue weighted by Crippen LogP contribution is 2.61. The van der Waals surface area contributed by atoms with Crippen LogP contribution >= 0.6 is 0 Å². The number of benzene rings is 1. The Bertz CT molecular complexity index is 769. The number of hydrogen-bond acceptors (Lipinski definition) is 2. The predicted molar refractivity (Wildman–Crippen MR) is 97.5 cm³/mol. The Morgan fingerprint density at radius 2 is 2.24 bits per heavy atom. The number of aryl methyl sites for hydroxylation is 3. The molecule has 1 saturated carbocycles. The Kier molecular flexibility index (Phi) is 4.24. The second kappa shape index (κ2) is 6.54. The molecule has 0 radical (unpaired) electrons. The number of nitrogens with zero attached hydrogens (tertiary/aromatic N) is 2. The van der Waals surface area contributed by atoms with Gasteiger partial charge in [-0.25, -0.2) is 9.78 Å². The van der Waals surface area contributed by atoms with E-state index in [4.69, 9.17) is 0 Å². The predicted octanol–water partition coefficient (Wildman–Crippen LogP) is 2.78. The third-order valence-electron chi connectivity index (χ3n) is 5.92. The van der Waals surface area contributed by atoms with Crippen LogP contribution in [0.1, 0.15) is 36.2 Å². The van der Waals surface area contributed by atoms with Gasteiger partial charge in [-0.15, -0.1) is 0 Å². The zero-order valence-corrected chi connectivity index (χ0v) is 14.8. The molecule has 4 rings (SSSR count). The average Bonchev–Trinajstić information content (AvgIpc) is 2.97. The number of carbonyl (C=O) groups is 1. The van der Waals surface area contributed by atoms with Crippen molar-refractivity contribution >= 4 is 6.03 Å². The van der Waals surface area contributed by atoms with Gasteiger partial charge in [-0.05, 0) is 49.7 Å². The number of hydrogen-bond donors (Lipinski definition) is 2. The molecule has 1 spiro atoms. The number of rotatable bonds is 6. The highest BCUT2D eigenvalue weighted by molar-refractivity contribution is 5.73. The fraction of sp³-hybridized carbons (Fsp3) is 0.500. The molecular formula is C20H26N4O. The summed E-state index contributed by atoms with van der Waals surface area (Å²) >= 11 is 0. The molecule has 2 aromatic rings. The van der Waals surface area contributed by atoms with Crippen LogP contribution in [-0.4, -0.2) is 28.7 Å². The van der Waals surface area contributed by atoms with Crippen molar-refractivity contribution in [1.29, 1.82) is 0 Å². The summed E-state index contributed by atoms with van der Waals surface area (Å²) in [4.78, 5) is 16.2. The first kappa shape index (κ1) is 16.2. The number of nitrogens with one attached hydrogen (secondary N) is 2. The Hall–Kier alpha value is -2.30. The highest BCUT2D eigenvalue weighted by Gasteiger charge is 2.57. The van der Waals surface area contributed by atoms with E-state index in [1.807, 2.05) is 19.3 Å². The second-order valence-corrected chi connectivity index (χ2v) is 7.37. The van der Waals surface area contributed by atoms with Crippen LogP contribution in [-0.2, 0) is 18.4 Å². The minimum absolute atomic E-state index is 0.0457. The van der Waals surface area contributed by atoms with Gasteiger partial charge in [-0.1, -0.05) is 24.3 Å². The molecule has 1 aromatic heterocycles. The van der Waals surface area contributed by atoms with Gasteiger partial charge < -0.3 is 15.2 Å². The van der Waals surface area contributed by atoms with Gasteiger partial charge >= 0.3 is 6.03 Å². The summed E-state index contributed by atoms with van der Waals surface area (Å²) in [5.74, 6) is 1.61. The molecule has 2 amide bonds. The van der Waals surface area contributed by atoms with Crippen molar-refractivity contribution in [2.24, 2.45) is 5.92 Å².